The molecule has 1 saturated heterocycles. The Labute approximate surface area is 124 Å². The molecule has 6 nitrogen and oxygen atoms in total. The molecule has 20 heavy (non-hydrogen) atoms. The molecule has 2 unspecified atom stereocenters. The Hall–Kier alpha value is -1.18. The minimum absolute atomic E-state index is 0.285. The van der Waals surface area contributed by atoms with E-state index in [2.05, 4.69) is 38.0 Å². The van der Waals surface area contributed by atoms with Crippen LogP contribution < -0.4 is 0 Å². The van der Waals surface area contributed by atoms with Crippen LogP contribution in [-0.4, -0.2) is 39.4 Å². The molecule has 1 aliphatic heterocycles. The summed E-state index contributed by atoms with van der Waals surface area (Å²) in [5.41, 5.74) is 0. The number of aliphatic hydroxyl groups excluding tert-OH is 1. The normalized spacial score (nSPS) is 24.1. The first-order chi connectivity index (χ1) is 9.61. The van der Waals surface area contributed by atoms with Crippen LogP contribution in [0, 0.1) is 5.92 Å². The van der Waals surface area contributed by atoms with Crippen molar-refractivity contribution < 1.29 is 13.9 Å². The maximum atomic E-state index is 9.88. The number of β-amino-alcohol motifs (C(OH)–C–C–N with tert-alkyl or cyclic N) is 1. The van der Waals surface area contributed by atoms with E-state index in [-0.39, 0.29) is 6.10 Å². The van der Waals surface area contributed by atoms with Crippen molar-refractivity contribution in [1.29, 1.82) is 0 Å². The van der Waals surface area contributed by atoms with E-state index in [0.29, 0.717) is 41.2 Å². The molecule has 2 aromatic heterocycles. The number of hydrogen-bond acceptors (Lipinski definition) is 6. The molecule has 0 aromatic carbocycles. The van der Waals surface area contributed by atoms with Crippen LogP contribution in [0.1, 0.15) is 19.2 Å². The van der Waals surface area contributed by atoms with Gasteiger partial charge in [0.25, 0.3) is 5.89 Å². The minimum atomic E-state index is -0.285. The lowest BCUT2D eigenvalue weighted by Gasteiger charge is -2.33. The molecule has 0 radical (unpaired) electrons. The van der Waals surface area contributed by atoms with Gasteiger partial charge in [-0.15, -0.1) is 10.2 Å². The van der Waals surface area contributed by atoms with Gasteiger partial charge in [-0.1, -0.05) is 6.92 Å². The topological polar surface area (TPSA) is 75.5 Å². The van der Waals surface area contributed by atoms with Gasteiger partial charge < -0.3 is 13.9 Å². The van der Waals surface area contributed by atoms with Crippen LogP contribution in [0.5, 0.6) is 0 Å². The van der Waals surface area contributed by atoms with Gasteiger partial charge in [-0.05, 0) is 46.9 Å². The zero-order chi connectivity index (χ0) is 14.1. The van der Waals surface area contributed by atoms with Gasteiger partial charge in [0.2, 0.25) is 5.89 Å². The third kappa shape index (κ3) is 2.94. The number of hydrogen-bond donors (Lipinski definition) is 1. The second-order valence-electron chi connectivity index (χ2n) is 5.17. The van der Waals surface area contributed by atoms with E-state index in [0.717, 1.165) is 13.0 Å². The SMILES string of the molecule is CC1CCN(Cc2nnc(-c3ccc(Br)o3)o2)CC1O. The van der Waals surface area contributed by atoms with E-state index in [1.807, 2.05) is 0 Å². The molecule has 1 N–H and O–H groups in total. The minimum Gasteiger partial charge on any atom is -0.444 e. The fraction of sp³-hybridized carbons (Fsp3) is 0.538. The lowest BCUT2D eigenvalue weighted by atomic mass is 9.96. The number of aliphatic hydroxyl groups is 1. The van der Waals surface area contributed by atoms with Gasteiger partial charge >= 0.3 is 0 Å². The summed E-state index contributed by atoms with van der Waals surface area (Å²) >= 11 is 3.24. The Morgan fingerprint density at radius 1 is 1.40 bits per heavy atom. The van der Waals surface area contributed by atoms with Gasteiger partial charge in [0.15, 0.2) is 10.4 Å². The predicted octanol–water partition coefficient (Wildman–Crippen LogP) is 2.29. The molecule has 0 saturated carbocycles. The summed E-state index contributed by atoms with van der Waals surface area (Å²) in [6.45, 7) is 4.20. The smallest absolute Gasteiger partial charge is 0.283 e. The van der Waals surface area contributed by atoms with Crippen molar-refractivity contribution in [3.05, 3.63) is 22.7 Å². The first kappa shape index (κ1) is 13.8. The zero-order valence-electron chi connectivity index (χ0n) is 11.1. The Balaban J connectivity index is 1.66. The zero-order valence-corrected chi connectivity index (χ0v) is 12.7. The highest BCUT2D eigenvalue weighted by atomic mass is 79.9. The van der Waals surface area contributed by atoms with Crippen LogP contribution in [-0.2, 0) is 6.54 Å². The molecule has 0 spiro atoms. The van der Waals surface area contributed by atoms with E-state index in [1.54, 1.807) is 12.1 Å². The van der Waals surface area contributed by atoms with E-state index in [9.17, 15) is 5.11 Å². The highest BCUT2D eigenvalue weighted by Gasteiger charge is 2.25. The van der Waals surface area contributed by atoms with Crippen molar-refractivity contribution in [2.45, 2.75) is 26.0 Å². The molecule has 0 aliphatic carbocycles. The largest absolute Gasteiger partial charge is 0.444 e. The van der Waals surface area contributed by atoms with Crippen molar-refractivity contribution in [1.82, 2.24) is 15.1 Å². The molecule has 1 fully saturated rings. The summed E-state index contributed by atoms with van der Waals surface area (Å²) in [5.74, 6) is 1.80. The van der Waals surface area contributed by atoms with E-state index in [4.69, 9.17) is 8.83 Å². The maximum absolute atomic E-state index is 9.88. The molecule has 2 aromatic rings. The molecule has 2 atom stereocenters. The van der Waals surface area contributed by atoms with Gasteiger partial charge in [-0.3, -0.25) is 4.90 Å². The number of rotatable bonds is 3. The number of likely N-dealkylation sites (tertiary alicyclic amines) is 1. The highest BCUT2D eigenvalue weighted by molar-refractivity contribution is 9.10. The number of halogens is 1. The first-order valence-corrected chi connectivity index (χ1v) is 7.39. The van der Waals surface area contributed by atoms with Crippen LogP contribution in [0.25, 0.3) is 11.7 Å². The Bertz CT molecular complexity index is 583. The molecule has 1 aliphatic rings. The fourth-order valence-corrected chi connectivity index (χ4v) is 2.60. The molecular formula is C13H16BrN3O3. The average molecular weight is 342 g/mol. The van der Waals surface area contributed by atoms with Gasteiger partial charge in [0, 0.05) is 6.54 Å². The first-order valence-electron chi connectivity index (χ1n) is 6.60. The number of furan rings is 1. The summed E-state index contributed by atoms with van der Waals surface area (Å²) in [7, 11) is 0. The summed E-state index contributed by atoms with van der Waals surface area (Å²) in [5, 5.41) is 17.9. The van der Waals surface area contributed by atoms with Crippen molar-refractivity contribution in [3.63, 3.8) is 0 Å². The fourth-order valence-electron chi connectivity index (χ4n) is 2.30. The average Bonchev–Trinajstić information content (AvgIpc) is 3.03. The van der Waals surface area contributed by atoms with Crippen LogP contribution >= 0.6 is 15.9 Å². The predicted molar refractivity (Wildman–Crippen MR) is 74.8 cm³/mol. The van der Waals surface area contributed by atoms with Gasteiger partial charge in [-0.25, -0.2) is 0 Å². The number of piperidine rings is 1. The van der Waals surface area contributed by atoms with E-state index >= 15 is 0 Å². The Morgan fingerprint density at radius 3 is 2.95 bits per heavy atom. The third-order valence-corrected chi connectivity index (χ3v) is 4.04. The lowest BCUT2D eigenvalue weighted by Crippen LogP contribution is -2.42. The van der Waals surface area contributed by atoms with Crippen LogP contribution in [0.2, 0.25) is 0 Å². The molecule has 108 valence electrons. The summed E-state index contributed by atoms with van der Waals surface area (Å²) < 4.78 is 11.6. The van der Waals surface area contributed by atoms with Gasteiger partial charge in [0.1, 0.15) is 0 Å². The Kier molecular flexibility index (Phi) is 3.91. The van der Waals surface area contributed by atoms with Crippen molar-refractivity contribution in [2.24, 2.45) is 5.92 Å². The molecule has 3 heterocycles. The molecular weight excluding hydrogens is 326 g/mol. The van der Waals surface area contributed by atoms with Crippen LogP contribution in [0.15, 0.2) is 25.6 Å². The third-order valence-electron chi connectivity index (χ3n) is 3.61. The van der Waals surface area contributed by atoms with E-state index in [1.165, 1.54) is 0 Å². The Morgan fingerprint density at radius 2 is 2.25 bits per heavy atom. The highest BCUT2D eigenvalue weighted by Crippen LogP contribution is 2.24. The molecule has 0 bridgehead atoms. The van der Waals surface area contributed by atoms with Crippen molar-refractivity contribution in [3.8, 4) is 11.7 Å². The lowest BCUT2D eigenvalue weighted by molar-refractivity contribution is 0.0227. The molecule has 7 heteroatoms. The summed E-state index contributed by atoms with van der Waals surface area (Å²) in [6.07, 6.45) is 0.694. The number of nitrogens with zero attached hydrogens (tertiary/aromatic N) is 3. The number of aromatic nitrogens is 2. The quantitative estimate of drug-likeness (QED) is 0.923. The van der Waals surface area contributed by atoms with Crippen LogP contribution in [0.3, 0.4) is 0 Å². The van der Waals surface area contributed by atoms with Crippen molar-refractivity contribution in [2.75, 3.05) is 13.1 Å². The second-order valence-corrected chi connectivity index (χ2v) is 5.95. The monoisotopic (exact) mass is 341 g/mol. The second kappa shape index (κ2) is 5.67. The summed E-state index contributed by atoms with van der Waals surface area (Å²) in [6, 6.07) is 3.55. The molecule has 3 rings (SSSR count). The van der Waals surface area contributed by atoms with Crippen LogP contribution in [0.4, 0.5) is 0 Å². The van der Waals surface area contributed by atoms with Gasteiger partial charge in [0.05, 0.1) is 12.6 Å². The van der Waals surface area contributed by atoms with Gasteiger partial charge in [-0.2, -0.15) is 0 Å². The molecule has 0 amide bonds. The van der Waals surface area contributed by atoms with Crippen molar-refractivity contribution >= 4 is 15.9 Å². The standard InChI is InChI=1S/C13H16BrN3O3/c1-8-4-5-17(6-9(8)18)7-12-15-16-13(20-12)10-2-3-11(14)19-10/h2-3,8-9,18H,4-7H2,1H3. The summed E-state index contributed by atoms with van der Waals surface area (Å²) in [4.78, 5) is 2.13. The maximum Gasteiger partial charge on any atom is 0.283 e. The van der Waals surface area contributed by atoms with E-state index < -0.39 is 0 Å².